The maximum absolute atomic E-state index is 12.0. The van der Waals surface area contributed by atoms with Crippen LogP contribution in [0, 0.1) is 0 Å². The van der Waals surface area contributed by atoms with Gasteiger partial charge < -0.3 is 25.8 Å². The van der Waals surface area contributed by atoms with Crippen LogP contribution in [-0.2, 0) is 11.3 Å². The molecule has 0 radical (unpaired) electrons. The maximum Gasteiger partial charge on any atom is 0.248 e. The van der Waals surface area contributed by atoms with Gasteiger partial charge in [-0.15, -0.1) is 0 Å². The third kappa shape index (κ3) is 7.24. The average molecular weight is 559 g/mol. The Bertz CT molecular complexity index is 1470. The topological polar surface area (TPSA) is 111 Å². The number of benzene rings is 1. The minimum atomic E-state index is -0.159. The van der Waals surface area contributed by atoms with E-state index in [1.807, 2.05) is 61.6 Å². The standard InChI is InChI=1S/C30H35ClN8O/c1-39(2)14-6-11-28(40)36-23-13-12-22(33-17-23)16-32-20-7-5-8-21(15-20)37-30-35-19-26(31)29(38-30)25-18-34-27-10-4-3-9-24(25)27/h3-4,6,9-13,17-21,32,34H,5,7-8,14-16H2,1-2H3,(H,36,40)(H,35,37,38)/b11-6+/t20-,21+/m0/s1. The van der Waals surface area contributed by atoms with Gasteiger partial charge in [-0.05, 0) is 58.0 Å². The number of aromatic amines is 1. The lowest BCUT2D eigenvalue weighted by Gasteiger charge is -2.30. The monoisotopic (exact) mass is 558 g/mol. The van der Waals surface area contributed by atoms with Gasteiger partial charge in [0.25, 0.3) is 0 Å². The van der Waals surface area contributed by atoms with Crippen molar-refractivity contribution in [2.24, 2.45) is 0 Å². The molecule has 1 amide bonds. The lowest BCUT2D eigenvalue weighted by atomic mass is 9.91. The van der Waals surface area contributed by atoms with Gasteiger partial charge in [0, 0.05) is 53.9 Å². The molecule has 0 spiro atoms. The summed E-state index contributed by atoms with van der Waals surface area (Å²) < 4.78 is 0. The first kappa shape index (κ1) is 27.8. The number of carbonyl (C=O) groups excluding carboxylic acids is 1. The summed E-state index contributed by atoms with van der Waals surface area (Å²) in [5, 5.41) is 11.6. The van der Waals surface area contributed by atoms with E-state index in [1.54, 1.807) is 18.5 Å². The predicted octanol–water partition coefficient (Wildman–Crippen LogP) is 5.24. The molecular formula is C30H35ClN8O. The SMILES string of the molecule is CN(C)C/C=C/C(=O)Nc1ccc(CN[C@H]2CCC[C@@H](Nc3ncc(Cl)c(-c4c[nH]c5ccccc45)n3)C2)nc1. The minimum absolute atomic E-state index is 0.159. The van der Waals surface area contributed by atoms with Crippen molar-refractivity contribution in [3.05, 3.63) is 77.9 Å². The summed E-state index contributed by atoms with van der Waals surface area (Å²) in [7, 11) is 3.91. The van der Waals surface area contributed by atoms with Crippen molar-refractivity contribution in [3.8, 4) is 11.3 Å². The van der Waals surface area contributed by atoms with Gasteiger partial charge in [0.05, 0.1) is 34.5 Å². The van der Waals surface area contributed by atoms with Gasteiger partial charge in [0.15, 0.2) is 0 Å². The van der Waals surface area contributed by atoms with Gasteiger partial charge in [-0.2, -0.15) is 0 Å². The molecule has 10 heteroatoms. The van der Waals surface area contributed by atoms with Crippen LogP contribution in [0.1, 0.15) is 31.4 Å². The number of amides is 1. The number of hydrogen-bond acceptors (Lipinski definition) is 7. The van der Waals surface area contributed by atoms with Crippen LogP contribution in [0.3, 0.4) is 0 Å². The van der Waals surface area contributed by atoms with Crippen LogP contribution in [-0.4, -0.2) is 63.5 Å². The molecule has 1 fully saturated rings. The zero-order valence-electron chi connectivity index (χ0n) is 22.8. The van der Waals surface area contributed by atoms with Gasteiger partial charge in [0.1, 0.15) is 0 Å². The van der Waals surface area contributed by atoms with Crippen molar-refractivity contribution in [1.82, 2.24) is 30.2 Å². The van der Waals surface area contributed by atoms with E-state index in [0.717, 1.165) is 53.5 Å². The summed E-state index contributed by atoms with van der Waals surface area (Å²) in [5.74, 6) is 0.430. The molecule has 9 nitrogen and oxygen atoms in total. The van der Waals surface area contributed by atoms with Crippen LogP contribution in [0.15, 0.2) is 67.1 Å². The summed E-state index contributed by atoms with van der Waals surface area (Å²) >= 11 is 6.51. The Kier molecular flexibility index (Phi) is 9.05. The van der Waals surface area contributed by atoms with Gasteiger partial charge in [0.2, 0.25) is 11.9 Å². The molecule has 4 aromatic rings. The molecule has 40 heavy (non-hydrogen) atoms. The summed E-state index contributed by atoms with van der Waals surface area (Å²) in [6.45, 7) is 1.38. The van der Waals surface area contributed by atoms with Gasteiger partial charge in [-0.3, -0.25) is 9.78 Å². The second kappa shape index (κ2) is 13.0. The fourth-order valence-electron chi connectivity index (χ4n) is 4.99. The van der Waals surface area contributed by atoms with Crippen LogP contribution in [0.25, 0.3) is 22.2 Å². The Hall–Kier alpha value is -3.79. The van der Waals surface area contributed by atoms with E-state index in [9.17, 15) is 4.79 Å². The Morgan fingerprint density at radius 3 is 2.80 bits per heavy atom. The van der Waals surface area contributed by atoms with Gasteiger partial charge >= 0.3 is 0 Å². The third-order valence-corrected chi connectivity index (χ3v) is 7.28. The first-order chi connectivity index (χ1) is 19.4. The van der Waals surface area contributed by atoms with Crippen LogP contribution in [0.2, 0.25) is 5.02 Å². The molecular weight excluding hydrogens is 524 g/mol. The molecule has 1 aliphatic carbocycles. The van der Waals surface area contributed by atoms with Crippen molar-refractivity contribution >= 4 is 40.0 Å². The van der Waals surface area contributed by atoms with E-state index < -0.39 is 0 Å². The summed E-state index contributed by atoms with van der Waals surface area (Å²) in [4.78, 5) is 31.1. The summed E-state index contributed by atoms with van der Waals surface area (Å²) in [5.41, 5.74) is 4.34. The molecule has 3 heterocycles. The second-order valence-electron chi connectivity index (χ2n) is 10.4. The van der Waals surface area contributed by atoms with Gasteiger partial charge in [-0.1, -0.05) is 35.9 Å². The molecule has 4 N–H and O–H groups in total. The van der Waals surface area contributed by atoms with E-state index >= 15 is 0 Å². The van der Waals surface area contributed by atoms with E-state index in [2.05, 4.69) is 37.0 Å². The molecule has 0 unspecified atom stereocenters. The molecule has 1 saturated carbocycles. The molecule has 5 rings (SSSR count). The number of likely N-dealkylation sites (N-methyl/N-ethyl adjacent to an activating group) is 1. The van der Waals surface area contributed by atoms with E-state index in [0.29, 0.717) is 35.8 Å². The molecule has 3 aromatic heterocycles. The van der Waals surface area contributed by atoms with Gasteiger partial charge in [-0.25, -0.2) is 9.97 Å². The molecule has 208 valence electrons. The van der Waals surface area contributed by atoms with Crippen molar-refractivity contribution in [3.63, 3.8) is 0 Å². The highest BCUT2D eigenvalue weighted by molar-refractivity contribution is 6.33. The Labute approximate surface area is 239 Å². The fraction of sp³-hybridized carbons (Fsp3) is 0.333. The third-order valence-electron chi connectivity index (χ3n) is 7.00. The predicted molar refractivity (Wildman–Crippen MR) is 161 cm³/mol. The molecule has 1 aromatic carbocycles. The molecule has 0 saturated heterocycles. The van der Waals surface area contributed by atoms with E-state index in [-0.39, 0.29) is 11.9 Å². The normalized spacial score (nSPS) is 17.5. The Morgan fingerprint density at radius 1 is 1.12 bits per heavy atom. The molecule has 0 aliphatic heterocycles. The van der Waals surface area contributed by atoms with E-state index in [1.165, 1.54) is 0 Å². The van der Waals surface area contributed by atoms with Crippen LogP contribution in [0.4, 0.5) is 11.6 Å². The number of nitrogens with zero attached hydrogens (tertiary/aromatic N) is 4. The first-order valence-electron chi connectivity index (χ1n) is 13.6. The number of hydrogen-bond donors (Lipinski definition) is 4. The number of rotatable bonds is 10. The number of fused-ring (bicyclic) bond motifs is 1. The van der Waals surface area contributed by atoms with Crippen molar-refractivity contribution in [1.29, 1.82) is 0 Å². The fourth-order valence-corrected chi connectivity index (χ4v) is 5.18. The average Bonchev–Trinajstić information content (AvgIpc) is 3.38. The highest BCUT2D eigenvalue weighted by Gasteiger charge is 2.23. The lowest BCUT2D eigenvalue weighted by molar-refractivity contribution is -0.111. The zero-order chi connectivity index (χ0) is 27.9. The van der Waals surface area contributed by atoms with Crippen molar-refractivity contribution in [2.45, 2.75) is 44.3 Å². The molecule has 0 bridgehead atoms. The van der Waals surface area contributed by atoms with Crippen LogP contribution >= 0.6 is 11.6 Å². The largest absolute Gasteiger partial charge is 0.360 e. The van der Waals surface area contributed by atoms with E-state index in [4.69, 9.17) is 16.6 Å². The number of H-pyrrole nitrogens is 1. The highest BCUT2D eigenvalue weighted by Crippen LogP contribution is 2.32. The maximum atomic E-state index is 12.0. The lowest BCUT2D eigenvalue weighted by Crippen LogP contribution is -2.39. The molecule has 2 atom stereocenters. The number of pyridine rings is 1. The number of halogens is 1. The second-order valence-corrected chi connectivity index (χ2v) is 10.8. The van der Waals surface area contributed by atoms with Crippen molar-refractivity contribution < 1.29 is 4.79 Å². The number of aromatic nitrogens is 4. The van der Waals surface area contributed by atoms with Crippen molar-refractivity contribution in [2.75, 3.05) is 31.3 Å². The minimum Gasteiger partial charge on any atom is -0.360 e. The Morgan fingerprint density at radius 2 is 1.98 bits per heavy atom. The molecule has 1 aliphatic rings. The Balaban J connectivity index is 1.14. The number of carbonyl (C=O) groups is 1. The summed E-state index contributed by atoms with van der Waals surface area (Å²) in [6.07, 6.45) is 12.9. The zero-order valence-corrected chi connectivity index (χ0v) is 23.6. The van der Waals surface area contributed by atoms with Crippen LogP contribution in [0.5, 0.6) is 0 Å². The number of nitrogens with one attached hydrogen (secondary N) is 4. The number of para-hydroxylation sites is 1. The number of anilines is 2. The first-order valence-corrected chi connectivity index (χ1v) is 14.0. The summed E-state index contributed by atoms with van der Waals surface area (Å²) in [6, 6.07) is 12.6. The van der Waals surface area contributed by atoms with Crippen LogP contribution < -0.4 is 16.0 Å². The quantitative estimate of drug-likeness (QED) is 0.197. The highest BCUT2D eigenvalue weighted by atomic mass is 35.5. The smallest absolute Gasteiger partial charge is 0.248 e.